The second-order valence-corrected chi connectivity index (χ2v) is 3.69. The van der Waals surface area contributed by atoms with Crippen molar-refractivity contribution in [1.82, 2.24) is 5.32 Å². The van der Waals surface area contributed by atoms with E-state index < -0.39 is 0 Å². The molecule has 1 aliphatic rings. The minimum Gasteiger partial charge on any atom is -0.508 e. The maximum Gasteiger partial charge on any atom is 0.241 e. The smallest absolute Gasteiger partial charge is 0.241 e. The van der Waals surface area contributed by atoms with Crippen molar-refractivity contribution in [2.24, 2.45) is 0 Å². The van der Waals surface area contributed by atoms with Crippen LogP contribution in [0.3, 0.4) is 0 Å². The first-order valence-corrected chi connectivity index (χ1v) is 5.09. The highest BCUT2D eigenvalue weighted by atomic mass is 35.5. The van der Waals surface area contributed by atoms with E-state index >= 15 is 0 Å². The van der Waals surface area contributed by atoms with Gasteiger partial charge in [-0.25, -0.2) is 0 Å². The third-order valence-electron chi connectivity index (χ3n) is 2.49. The molecule has 0 aromatic heterocycles. The van der Waals surface area contributed by atoms with E-state index in [0.717, 1.165) is 19.4 Å². The van der Waals surface area contributed by atoms with Gasteiger partial charge in [0.15, 0.2) is 0 Å². The Bertz CT molecular complexity index is 365. The van der Waals surface area contributed by atoms with Gasteiger partial charge in [0.1, 0.15) is 5.75 Å². The summed E-state index contributed by atoms with van der Waals surface area (Å²) in [5, 5.41) is 15.1. The molecule has 1 unspecified atom stereocenters. The molecule has 16 heavy (non-hydrogen) atoms. The van der Waals surface area contributed by atoms with Gasteiger partial charge < -0.3 is 15.7 Å². The molecule has 1 aromatic rings. The van der Waals surface area contributed by atoms with Crippen molar-refractivity contribution in [2.75, 3.05) is 11.9 Å². The monoisotopic (exact) mass is 242 g/mol. The van der Waals surface area contributed by atoms with Crippen LogP contribution in [0.15, 0.2) is 24.3 Å². The summed E-state index contributed by atoms with van der Waals surface area (Å²) in [5.74, 6) is 0.130. The first kappa shape index (κ1) is 12.8. The van der Waals surface area contributed by atoms with Crippen LogP contribution in [0, 0.1) is 0 Å². The van der Waals surface area contributed by atoms with E-state index in [2.05, 4.69) is 10.6 Å². The Kier molecular flexibility index (Phi) is 4.58. The Morgan fingerprint density at radius 2 is 2.31 bits per heavy atom. The Morgan fingerprint density at radius 3 is 2.94 bits per heavy atom. The number of hydrogen-bond acceptors (Lipinski definition) is 3. The number of phenolic OH excluding ortho intramolecular Hbond substituents is 1. The van der Waals surface area contributed by atoms with E-state index in [1.54, 1.807) is 18.2 Å². The molecule has 0 aliphatic carbocycles. The van der Waals surface area contributed by atoms with Gasteiger partial charge in [-0.2, -0.15) is 0 Å². The molecule has 1 atom stereocenters. The average Bonchev–Trinajstić information content (AvgIpc) is 2.70. The average molecular weight is 243 g/mol. The Balaban J connectivity index is 0.00000128. The van der Waals surface area contributed by atoms with E-state index in [4.69, 9.17) is 0 Å². The zero-order valence-electron chi connectivity index (χ0n) is 8.77. The number of phenols is 1. The van der Waals surface area contributed by atoms with E-state index in [9.17, 15) is 9.90 Å². The molecule has 1 aromatic carbocycles. The summed E-state index contributed by atoms with van der Waals surface area (Å²) in [7, 11) is 0. The summed E-state index contributed by atoms with van der Waals surface area (Å²) in [6, 6.07) is 6.47. The van der Waals surface area contributed by atoms with Crippen molar-refractivity contribution in [3.8, 4) is 5.75 Å². The lowest BCUT2D eigenvalue weighted by molar-refractivity contribution is -0.117. The standard InChI is InChI=1S/C11H14N2O2.ClH/c14-9-4-1-3-8(7-9)13-11(15)10-5-2-6-12-10;/h1,3-4,7,10,12,14H,2,5-6H2,(H,13,15);1H. The summed E-state index contributed by atoms with van der Waals surface area (Å²) < 4.78 is 0. The fraction of sp³-hybridized carbons (Fsp3) is 0.364. The molecule has 1 amide bonds. The van der Waals surface area contributed by atoms with Crippen molar-refractivity contribution in [3.63, 3.8) is 0 Å². The maximum atomic E-state index is 11.7. The van der Waals surface area contributed by atoms with Crippen LogP contribution < -0.4 is 10.6 Å². The lowest BCUT2D eigenvalue weighted by Crippen LogP contribution is -2.35. The first-order chi connectivity index (χ1) is 7.25. The molecule has 5 heteroatoms. The van der Waals surface area contributed by atoms with Gasteiger partial charge >= 0.3 is 0 Å². The van der Waals surface area contributed by atoms with Gasteiger partial charge in [0.2, 0.25) is 5.91 Å². The Morgan fingerprint density at radius 1 is 1.50 bits per heavy atom. The third kappa shape index (κ3) is 3.12. The minimum atomic E-state index is -0.0904. The molecule has 88 valence electrons. The van der Waals surface area contributed by atoms with Crippen LogP contribution in [0.25, 0.3) is 0 Å². The summed E-state index contributed by atoms with van der Waals surface area (Å²) in [5.41, 5.74) is 0.633. The zero-order chi connectivity index (χ0) is 10.7. The minimum absolute atomic E-state index is 0. The van der Waals surface area contributed by atoms with Gasteiger partial charge in [0.25, 0.3) is 0 Å². The van der Waals surface area contributed by atoms with Crippen LogP contribution in [0.1, 0.15) is 12.8 Å². The van der Waals surface area contributed by atoms with E-state index in [0.29, 0.717) is 5.69 Å². The van der Waals surface area contributed by atoms with E-state index in [1.165, 1.54) is 6.07 Å². The molecule has 2 rings (SSSR count). The predicted octanol–water partition coefficient (Wildman–Crippen LogP) is 1.50. The lowest BCUT2D eigenvalue weighted by Gasteiger charge is -2.10. The Labute approximate surface area is 100 Å². The molecule has 0 bridgehead atoms. The van der Waals surface area contributed by atoms with Crippen molar-refractivity contribution in [1.29, 1.82) is 0 Å². The van der Waals surface area contributed by atoms with Crippen LogP contribution in [-0.4, -0.2) is 23.6 Å². The highest BCUT2D eigenvalue weighted by Gasteiger charge is 2.21. The molecule has 1 aliphatic heterocycles. The van der Waals surface area contributed by atoms with Gasteiger partial charge in [-0.05, 0) is 31.5 Å². The largest absolute Gasteiger partial charge is 0.508 e. The predicted molar refractivity (Wildman–Crippen MR) is 65.0 cm³/mol. The third-order valence-corrected chi connectivity index (χ3v) is 2.49. The number of anilines is 1. The number of benzene rings is 1. The van der Waals surface area contributed by atoms with E-state index in [-0.39, 0.29) is 30.1 Å². The van der Waals surface area contributed by atoms with Gasteiger partial charge in [0.05, 0.1) is 6.04 Å². The molecule has 3 N–H and O–H groups in total. The van der Waals surface area contributed by atoms with Crippen molar-refractivity contribution in [3.05, 3.63) is 24.3 Å². The van der Waals surface area contributed by atoms with Crippen molar-refractivity contribution < 1.29 is 9.90 Å². The van der Waals surface area contributed by atoms with Gasteiger partial charge in [0, 0.05) is 11.8 Å². The second kappa shape index (κ2) is 5.72. The topological polar surface area (TPSA) is 61.4 Å². The quantitative estimate of drug-likeness (QED) is 0.737. The number of rotatable bonds is 2. The SMILES string of the molecule is Cl.O=C(Nc1cccc(O)c1)C1CCCN1. The number of aromatic hydroxyl groups is 1. The molecule has 0 radical (unpaired) electrons. The molecule has 4 nitrogen and oxygen atoms in total. The van der Waals surface area contributed by atoms with Crippen LogP contribution in [0.4, 0.5) is 5.69 Å². The van der Waals surface area contributed by atoms with Gasteiger partial charge in [-0.15, -0.1) is 12.4 Å². The fourth-order valence-corrected chi connectivity index (χ4v) is 1.72. The fourth-order valence-electron chi connectivity index (χ4n) is 1.72. The number of amides is 1. The van der Waals surface area contributed by atoms with Crippen molar-refractivity contribution >= 4 is 24.0 Å². The molecule has 1 heterocycles. The summed E-state index contributed by atoms with van der Waals surface area (Å²) in [6.07, 6.45) is 1.92. The van der Waals surface area contributed by atoms with Crippen molar-refractivity contribution in [2.45, 2.75) is 18.9 Å². The number of halogens is 1. The Hall–Kier alpha value is -1.26. The molecule has 1 fully saturated rings. The zero-order valence-corrected chi connectivity index (χ0v) is 9.59. The summed E-state index contributed by atoms with van der Waals surface area (Å²) >= 11 is 0. The van der Waals surface area contributed by atoms with Gasteiger partial charge in [-0.1, -0.05) is 6.07 Å². The molecule has 1 saturated heterocycles. The van der Waals surface area contributed by atoms with Crippen LogP contribution >= 0.6 is 12.4 Å². The van der Waals surface area contributed by atoms with Crippen LogP contribution in [-0.2, 0) is 4.79 Å². The lowest BCUT2D eigenvalue weighted by atomic mass is 10.2. The number of carbonyl (C=O) groups excluding carboxylic acids is 1. The number of nitrogens with one attached hydrogen (secondary N) is 2. The molecule has 0 spiro atoms. The highest BCUT2D eigenvalue weighted by Crippen LogP contribution is 2.16. The highest BCUT2D eigenvalue weighted by molar-refractivity contribution is 5.95. The molecular weight excluding hydrogens is 228 g/mol. The summed E-state index contributed by atoms with van der Waals surface area (Å²) in [4.78, 5) is 11.7. The summed E-state index contributed by atoms with van der Waals surface area (Å²) in [6.45, 7) is 0.901. The number of carbonyl (C=O) groups is 1. The van der Waals surface area contributed by atoms with Crippen LogP contribution in [0.2, 0.25) is 0 Å². The van der Waals surface area contributed by atoms with E-state index in [1.807, 2.05) is 0 Å². The van der Waals surface area contributed by atoms with Gasteiger partial charge in [-0.3, -0.25) is 4.79 Å². The normalized spacial score (nSPS) is 18.9. The molecule has 0 saturated carbocycles. The number of hydrogen-bond donors (Lipinski definition) is 3. The van der Waals surface area contributed by atoms with Crippen LogP contribution in [0.5, 0.6) is 5.75 Å². The second-order valence-electron chi connectivity index (χ2n) is 3.69. The molecular formula is C11H15ClN2O2. The maximum absolute atomic E-state index is 11.7. The first-order valence-electron chi connectivity index (χ1n) is 5.09.